The van der Waals surface area contributed by atoms with Gasteiger partial charge in [0.05, 0.1) is 30.0 Å². The smallest absolute Gasteiger partial charge is 0.244 e. The Hall–Kier alpha value is -3.95. The number of likely N-dealkylation sites (N-methyl/N-ethyl adjacent to an activating group) is 1. The number of benzene rings is 1. The van der Waals surface area contributed by atoms with Gasteiger partial charge in [0, 0.05) is 19.8 Å². The van der Waals surface area contributed by atoms with E-state index in [1.54, 1.807) is 25.1 Å². The highest BCUT2D eigenvalue weighted by atomic mass is 19.1. The highest BCUT2D eigenvalue weighted by Crippen LogP contribution is 2.46. The number of carbonyl (C=O) groups is 2. The molecule has 0 unspecified atom stereocenters. The number of aromatic nitrogens is 3. The summed E-state index contributed by atoms with van der Waals surface area (Å²) in [5.41, 5.74) is 1.83. The molecule has 1 aliphatic carbocycles. The van der Waals surface area contributed by atoms with E-state index in [0.717, 1.165) is 30.4 Å². The number of hydrogen-bond donors (Lipinski definition) is 2. The van der Waals surface area contributed by atoms with Crippen molar-refractivity contribution in [1.82, 2.24) is 19.7 Å². The van der Waals surface area contributed by atoms with Crippen LogP contribution in [-0.4, -0.2) is 58.2 Å². The third-order valence-electron chi connectivity index (χ3n) is 6.30. The second-order valence-corrected chi connectivity index (χ2v) is 9.31. The molecule has 9 nitrogen and oxygen atoms in total. The number of aryl methyl sites for hydroxylation is 2. The third kappa shape index (κ3) is 6.38. The fourth-order valence-corrected chi connectivity index (χ4v) is 3.71. The first kappa shape index (κ1) is 25.2. The van der Waals surface area contributed by atoms with Crippen LogP contribution in [0.1, 0.15) is 24.0 Å². The van der Waals surface area contributed by atoms with Gasteiger partial charge in [0.15, 0.2) is 0 Å². The van der Waals surface area contributed by atoms with Crippen LogP contribution in [0, 0.1) is 25.1 Å². The van der Waals surface area contributed by atoms with Gasteiger partial charge < -0.3 is 20.3 Å². The Bertz CT molecular complexity index is 1220. The summed E-state index contributed by atoms with van der Waals surface area (Å²) in [5, 5.41) is 10.3. The maximum atomic E-state index is 13.3. The highest BCUT2D eigenvalue weighted by molar-refractivity contribution is 5.97. The maximum absolute atomic E-state index is 13.3. The molecule has 4 rings (SSSR count). The summed E-state index contributed by atoms with van der Waals surface area (Å²) < 4.78 is 20.5. The van der Waals surface area contributed by atoms with Gasteiger partial charge in [-0.25, -0.2) is 9.37 Å². The minimum Gasteiger partial charge on any atom is -0.492 e. The first-order valence-electron chi connectivity index (χ1n) is 11.9. The fourth-order valence-electron chi connectivity index (χ4n) is 3.71. The number of amides is 2. The van der Waals surface area contributed by atoms with Crippen LogP contribution >= 0.6 is 0 Å². The molecule has 0 bridgehead atoms. The van der Waals surface area contributed by atoms with Gasteiger partial charge in [0.25, 0.3) is 0 Å². The minimum absolute atomic E-state index is 0.0547. The predicted molar refractivity (Wildman–Crippen MR) is 134 cm³/mol. The molecule has 190 valence electrons. The summed E-state index contributed by atoms with van der Waals surface area (Å²) in [5.74, 6) is 0.700. The minimum atomic E-state index is -0.544. The lowest BCUT2D eigenvalue weighted by atomic mass is 10.1. The molecule has 2 heterocycles. The zero-order chi connectivity index (χ0) is 25.7. The average molecular weight is 495 g/mol. The molecule has 1 saturated carbocycles. The van der Waals surface area contributed by atoms with Crippen molar-refractivity contribution in [3.8, 4) is 5.75 Å². The van der Waals surface area contributed by atoms with Crippen molar-refractivity contribution in [1.29, 1.82) is 0 Å². The molecule has 1 fully saturated rings. The molecule has 0 spiro atoms. The second kappa shape index (κ2) is 10.8. The lowest BCUT2D eigenvalue weighted by molar-refractivity contribution is -0.131. The topological polar surface area (TPSA) is 101 Å². The number of pyridine rings is 1. The zero-order valence-electron chi connectivity index (χ0n) is 20.8. The van der Waals surface area contributed by atoms with E-state index in [2.05, 4.69) is 20.7 Å². The Morgan fingerprint density at radius 1 is 1.19 bits per heavy atom. The number of nitrogens with one attached hydrogen (secondary N) is 2. The first-order chi connectivity index (χ1) is 17.2. The molecule has 3 aromatic rings. The van der Waals surface area contributed by atoms with Crippen LogP contribution in [0.5, 0.6) is 5.75 Å². The molecule has 2 amide bonds. The van der Waals surface area contributed by atoms with Gasteiger partial charge in [0.1, 0.15) is 30.5 Å². The molecular formula is C26H31FN6O3. The standard InChI is InChI=1S/C26H31FN6O3/c1-18-4-6-22(7-5-18)36-11-10-32(3)23(34)16-33-15-21(14-30-33)31-25(35)26(8-9-26)17-29-24-19(2)12-20(27)13-28-24/h4-7,12-15H,8-11,16-17H2,1-3H3,(H,28,29)(H,31,35). The summed E-state index contributed by atoms with van der Waals surface area (Å²) >= 11 is 0. The Labute approximate surface area is 209 Å². The van der Waals surface area contributed by atoms with Crippen molar-refractivity contribution >= 4 is 23.3 Å². The van der Waals surface area contributed by atoms with Crippen LogP contribution in [0.3, 0.4) is 0 Å². The van der Waals surface area contributed by atoms with Crippen molar-refractivity contribution in [2.24, 2.45) is 5.41 Å². The van der Waals surface area contributed by atoms with Crippen molar-refractivity contribution in [3.63, 3.8) is 0 Å². The Morgan fingerprint density at radius 2 is 1.94 bits per heavy atom. The van der Waals surface area contributed by atoms with Crippen molar-refractivity contribution in [2.75, 3.05) is 37.4 Å². The summed E-state index contributed by atoms with van der Waals surface area (Å²) in [6, 6.07) is 9.16. The van der Waals surface area contributed by atoms with Crippen LogP contribution in [0.2, 0.25) is 0 Å². The molecule has 36 heavy (non-hydrogen) atoms. The quantitative estimate of drug-likeness (QED) is 0.424. The SMILES string of the molecule is Cc1ccc(OCCN(C)C(=O)Cn2cc(NC(=O)C3(CNc4ncc(F)cc4C)CC3)cn2)cc1. The van der Waals surface area contributed by atoms with E-state index in [4.69, 9.17) is 4.74 Å². The molecule has 0 aliphatic heterocycles. The average Bonchev–Trinajstić information content (AvgIpc) is 3.52. The molecule has 0 atom stereocenters. The van der Waals surface area contributed by atoms with Crippen LogP contribution in [0.4, 0.5) is 15.9 Å². The summed E-state index contributed by atoms with van der Waals surface area (Å²) in [4.78, 5) is 31.1. The number of hydrogen-bond acceptors (Lipinski definition) is 6. The van der Waals surface area contributed by atoms with Crippen LogP contribution < -0.4 is 15.4 Å². The van der Waals surface area contributed by atoms with Crippen LogP contribution in [-0.2, 0) is 16.1 Å². The predicted octanol–water partition coefficient (Wildman–Crippen LogP) is 3.40. The normalized spacial score (nSPS) is 13.7. The van der Waals surface area contributed by atoms with E-state index in [1.807, 2.05) is 31.2 Å². The van der Waals surface area contributed by atoms with Gasteiger partial charge in [-0.2, -0.15) is 5.10 Å². The molecule has 0 radical (unpaired) electrons. The molecule has 1 aromatic carbocycles. The number of ether oxygens (including phenoxy) is 1. The van der Waals surface area contributed by atoms with E-state index in [1.165, 1.54) is 16.9 Å². The van der Waals surface area contributed by atoms with E-state index in [0.29, 0.717) is 36.8 Å². The van der Waals surface area contributed by atoms with Gasteiger partial charge in [-0.3, -0.25) is 14.3 Å². The van der Waals surface area contributed by atoms with E-state index in [-0.39, 0.29) is 18.4 Å². The molecule has 10 heteroatoms. The van der Waals surface area contributed by atoms with Crippen molar-refractivity contribution < 1.29 is 18.7 Å². The van der Waals surface area contributed by atoms with Gasteiger partial charge in [-0.15, -0.1) is 0 Å². The Kier molecular flexibility index (Phi) is 7.52. The Morgan fingerprint density at radius 3 is 2.64 bits per heavy atom. The number of nitrogens with zero attached hydrogens (tertiary/aromatic N) is 4. The van der Waals surface area contributed by atoms with E-state index in [9.17, 15) is 14.0 Å². The Balaban J connectivity index is 1.23. The van der Waals surface area contributed by atoms with Gasteiger partial charge in [-0.1, -0.05) is 17.7 Å². The van der Waals surface area contributed by atoms with E-state index < -0.39 is 11.2 Å². The molecule has 2 aromatic heterocycles. The largest absolute Gasteiger partial charge is 0.492 e. The lowest BCUT2D eigenvalue weighted by Crippen LogP contribution is -2.33. The zero-order valence-corrected chi connectivity index (χ0v) is 20.8. The van der Waals surface area contributed by atoms with E-state index >= 15 is 0 Å². The number of halogens is 1. The number of rotatable bonds is 11. The summed E-state index contributed by atoms with van der Waals surface area (Å²) in [7, 11) is 1.72. The van der Waals surface area contributed by atoms with Crippen molar-refractivity contribution in [2.45, 2.75) is 33.2 Å². The van der Waals surface area contributed by atoms with Gasteiger partial charge in [-0.05, 0) is 50.5 Å². The number of anilines is 2. The molecular weight excluding hydrogens is 463 g/mol. The van der Waals surface area contributed by atoms with Crippen LogP contribution in [0.25, 0.3) is 0 Å². The molecule has 2 N–H and O–H groups in total. The second-order valence-electron chi connectivity index (χ2n) is 9.31. The van der Waals surface area contributed by atoms with Gasteiger partial charge >= 0.3 is 0 Å². The van der Waals surface area contributed by atoms with Gasteiger partial charge in [0.2, 0.25) is 11.8 Å². The van der Waals surface area contributed by atoms with Crippen molar-refractivity contribution in [3.05, 3.63) is 65.9 Å². The highest BCUT2D eigenvalue weighted by Gasteiger charge is 2.49. The lowest BCUT2D eigenvalue weighted by Gasteiger charge is -2.17. The number of carbonyl (C=O) groups excluding carboxylic acids is 2. The molecule has 1 aliphatic rings. The third-order valence-corrected chi connectivity index (χ3v) is 6.30. The van der Waals surface area contributed by atoms with Crippen LogP contribution in [0.15, 0.2) is 48.9 Å². The fraction of sp³-hybridized carbons (Fsp3) is 0.385. The first-order valence-corrected chi connectivity index (χ1v) is 11.9. The summed E-state index contributed by atoms with van der Waals surface area (Å²) in [6.07, 6.45) is 5.81. The molecule has 0 saturated heterocycles. The maximum Gasteiger partial charge on any atom is 0.244 e. The monoisotopic (exact) mass is 494 g/mol. The summed E-state index contributed by atoms with van der Waals surface area (Å²) in [6.45, 7) is 5.06.